The minimum Gasteiger partial charge on any atom is -0.379 e. The van der Waals surface area contributed by atoms with Crippen LogP contribution in [0.25, 0.3) is 22.3 Å². The van der Waals surface area contributed by atoms with Crippen LogP contribution in [0.4, 0.5) is 0 Å². The normalized spacial score (nSPS) is 15.3. The van der Waals surface area contributed by atoms with Crippen LogP contribution in [-0.4, -0.2) is 68.5 Å². The molecule has 1 fully saturated rings. The molecule has 0 N–H and O–H groups in total. The maximum absolute atomic E-state index is 12.4. The van der Waals surface area contributed by atoms with Gasteiger partial charge in [-0.15, -0.1) is 10.2 Å². The maximum Gasteiger partial charge on any atom is 0.163 e. The molecule has 8 nitrogen and oxygen atoms in total. The van der Waals surface area contributed by atoms with Crippen molar-refractivity contribution in [3.63, 3.8) is 0 Å². The van der Waals surface area contributed by atoms with Crippen molar-refractivity contribution in [3.8, 4) is 11.4 Å². The first-order valence-electron chi connectivity index (χ1n) is 9.05. The average molecular weight is 366 g/mol. The van der Waals surface area contributed by atoms with Gasteiger partial charge >= 0.3 is 0 Å². The van der Waals surface area contributed by atoms with Gasteiger partial charge in [0.25, 0.3) is 0 Å². The Kier molecular flexibility index (Phi) is 4.91. The lowest BCUT2D eigenvalue weighted by Crippen LogP contribution is -2.40. The Bertz CT molecular complexity index is 977. The van der Waals surface area contributed by atoms with E-state index in [1.807, 2.05) is 42.8 Å². The van der Waals surface area contributed by atoms with Crippen LogP contribution in [0.5, 0.6) is 0 Å². The van der Waals surface area contributed by atoms with Gasteiger partial charge in [-0.3, -0.25) is 9.69 Å². The van der Waals surface area contributed by atoms with Crippen molar-refractivity contribution in [1.82, 2.24) is 29.9 Å². The van der Waals surface area contributed by atoms with Gasteiger partial charge in [0.2, 0.25) is 0 Å². The van der Waals surface area contributed by atoms with Gasteiger partial charge in [0.15, 0.2) is 11.6 Å². The van der Waals surface area contributed by atoms with Gasteiger partial charge in [-0.05, 0) is 31.2 Å². The molecule has 0 aliphatic carbocycles. The molecule has 0 atom stereocenters. The Morgan fingerprint density at radius 3 is 2.67 bits per heavy atom. The lowest BCUT2D eigenvalue weighted by atomic mass is 10.1. The van der Waals surface area contributed by atoms with Crippen LogP contribution in [0.2, 0.25) is 0 Å². The first kappa shape index (κ1) is 17.7. The molecule has 3 heterocycles. The highest BCUT2D eigenvalue weighted by molar-refractivity contribution is 5.86. The zero-order valence-corrected chi connectivity index (χ0v) is 15.6. The number of aromatic nitrogens is 5. The van der Waals surface area contributed by atoms with E-state index < -0.39 is 0 Å². The van der Waals surface area contributed by atoms with Crippen molar-refractivity contribution in [2.75, 3.05) is 32.8 Å². The van der Waals surface area contributed by atoms with E-state index in [-0.39, 0.29) is 12.2 Å². The van der Waals surface area contributed by atoms with E-state index in [0.717, 1.165) is 41.2 Å². The van der Waals surface area contributed by atoms with Gasteiger partial charge in [0.05, 0.1) is 37.4 Å². The second-order valence-electron chi connectivity index (χ2n) is 6.84. The fraction of sp³-hybridized carbons (Fsp3) is 0.421. The summed E-state index contributed by atoms with van der Waals surface area (Å²) >= 11 is 0. The number of rotatable bonds is 5. The first-order valence-corrected chi connectivity index (χ1v) is 9.05. The largest absolute Gasteiger partial charge is 0.379 e. The molecule has 0 bridgehead atoms. The number of Topliss-reactive ketones (excluding diaryl/α,β-unsaturated/α-hetero) is 1. The van der Waals surface area contributed by atoms with Gasteiger partial charge in [-0.25, -0.2) is 0 Å². The number of ketones is 1. The molecule has 2 aromatic heterocycles. The van der Waals surface area contributed by atoms with Crippen molar-refractivity contribution in [2.24, 2.45) is 7.05 Å². The third-order valence-electron chi connectivity index (χ3n) is 4.87. The van der Waals surface area contributed by atoms with E-state index in [2.05, 4.69) is 25.3 Å². The number of ether oxygens (including phenoxy) is 1. The molecule has 0 spiro atoms. The number of carbonyl (C=O) groups excluding carboxylic acids is 1. The third-order valence-corrected chi connectivity index (χ3v) is 4.87. The maximum atomic E-state index is 12.4. The van der Waals surface area contributed by atoms with Crippen molar-refractivity contribution in [2.45, 2.75) is 13.3 Å². The van der Waals surface area contributed by atoms with Crippen LogP contribution in [0.15, 0.2) is 24.3 Å². The molecule has 0 unspecified atom stereocenters. The summed E-state index contributed by atoms with van der Waals surface area (Å²) in [6.45, 7) is 5.33. The molecule has 4 rings (SSSR count). The van der Waals surface area contributed by atoms with Crippen LogP contribution in [0.1, 0.15) is 11.5 Å². The third kappa shape index (κ3) is 3.86. The standard InChI is InChI=1S/C19H22N6O2/c1-13-20-23-19(24(13)2)14-3-4-18-15(9-14)10-16(21-22-18)11-17(26)12-25-5-7-27-8-6-25/h3-4,9-10H,5-8,11-12H2,1-2H3. The number of morpholine rings is 1. The SMILES string of the molecule is Cc1nnc(-c2ccc3nnc(CC(=O)CN4CCOCC4)cc3c2)n1C. The molecule has 27 heavy (non-hydrogen) atoms. The van der Waals surface area contributed by atoms with E-state index in [0.29, 0.717) is 25.5 Å². The molecule has 1 aliphatic heterocycles. The second-order valence-corrected chi connectivity index (χ2v) is 6.84. The van der Waals surface area contributed by atoms with Gasteiger partial charge in [-0.1, -0.05) is 0 Å². The van der Waals surface area contributed by atoms with E-state index >= 15 is 0 Å². The molecule has 0 radical (unpaired) electrons. The van der Waals surface area contributed by atoms with Crippen molar-refractivity contribution in [1.29, 1.82) is 0 Å². The summed E-state index contributed by atoms with van der Waals surface area (Å²) in [5.41, 5.74) is 2.44. The lowest BCUT2D eigenvalue weighted by molar-refractivity contribution is -0.120. The minimum atomic E-state index is 0.144. The Morgan fingerprint density at radius 2 is 1.93 bits per heavy atom. The number of fused-ring (bicyclic) bond motifs is 1. The zero-order chi connectivity index (χ0) is 18.8. The molecule has 1 aromatic carbocycles. The molecule has 140 valence electrons. The predicted molar refractivity (Wildman–Crippen MR) is 100 cm³/mol. The minimum absolute atomic E-state index is 0.144. The van der Waals surface area contributed by atoms with Crippen LogP contribution in [0.3, 0.4) is 0 Å². The number of nitrogens with zero attached hydrogens (tertiary/aromatic N) is 6. The Morgan fingerprint density at radius 1 is 1.11 bits per heavy atom. The van der Waals surface area contributed by atoms with E-state index in [1.165, 1.54) is 0 Å². The lowest BCUT2D eigenvalue weighted by Gasteiger charge is -2.25. The van der Waals surface area contributed by atoms with Gasteiger partial charge in [-0.2, -0.15) is 10.2 Å². The number of aryl methyl sites for hydroxylation is 1. The van der Waals surface area contributed by atoms with Crippen LogP contribution in [-0.2, 0) is 23.0 Å². The quantitative estimate of drug-likeness (QED) is 0.670. The summed E-state index contributed by atoms with van der Waals surface area (Å²) in [4.78, 5) is 14.5. The highest BCUT2D eigenvalue weighted by Crippen LogP contribution is 2.22. The number of hydrogen-bond acceptors (Lipinski definition) is 7. The highest BCUT2D eigenvalue weighted by atomic mass is 16.5. The highest BCUT2D eigenvalue weighted by Gasteiger charge is 2.15. The molecule has 0 amide bonds. The molecular weight excluding hydrogens is 344 g/mol. The summed E-state index contributed by atoms with van der Waals surface area (Å²) in [6, 6.07) is 7.83. The first-order chi connectivity index (χ1) is 13.1. The monoisotopic (exact) mass is 366 g/mol. The predicted octanol–water partition coefficient (Wildman–Crippen LogP) is 1.18. The second kappa shape index (κ2) is 7.50. The smallest absolute Gasteiger partial charge is 0.163 e. The number of hydrogen-bond donors (Lipinski definition) is 0. The molecular formula is C19H22N6O2. The number of carbonyl (C=O) groups is 1. The van der Waals surface area contributed by atoms with Gasteiger partial charge in [0, 0.05) is 31.1 Å². The van der Waals surface area contributed by atoms with Crippen LogP contribution < -0.4 is 0 Å². The molecule has 1 saturated heterocycles. The summed E-state index contributed by atoms with van der Waals surface area (Å²) < 4.78 is 7.27. The Labute approximate surface area is 157 Å². The summed E-state index contributed by atoms with van der Waals surface area (Å²) in [5, 5.41) is 17.8. The Hall–Kier alpha value is -2.71. The fourth-order valence-electron chi connectivity index (χ4n) is 3.24. The topological polar surface area (TPSA) is 86.0 Å². The van der Waals surface area contributed by atoms with Crippen molar-refractivity contribution < 1.29 is 9.53 Å². The summed E-state index contributed by atoms with van der Waals surface area (Å²) in [7, 11) is 1.94. The molecule has 8 heteroatoms. The van der Waals surface area contributed by atoms with E-state index in [1.54, 1.807) is 0 Å². The summed E-state index contributed by atoms with van der Waals surface area (Å²) in [5.74, 6) is 1.80. The van der Waals surface area contributed by atoms with Gasteiger partial charge < -0.3 is 9.30 Å². The average Bonchev–Trinajstić information content (AvgIpc) is 3.01. The molecule has 1 aliphatic rings. The molecule has 3 aromatic rings. The Balaban J connectivity index is 1.53. The van der Waals surface area contributed by atoms with Gasteiger partial charge in [0.1, 0.15) is 5.82 Å². The van der Waals surface area contributed by atoms with Crippen LogP contribution in [0, 0.1) is 6.92 Å². The zero-order valence-electron chi connectivity index (χ0n) is 15.6. The number of benzene rings is 1. The molecule has 0 saturated carbocycles. The van der Waals surface area contributed by atoms with Crippen LogP contribution >= 0.6 is 0 Å². The van der Waals surface area contributed by atoms with E-state index in [4.69, 9.17) is 4.74 Å². The van der Waals surface area contributed by atoms with Crippen molar-refractivity contribution in [3.05, 3.63) is 35.8 Å². The summed E-state index contributed by atoms with van der Waals surface area (Å²) in [6.07, 6.45) is 0.285. The fourth-order valence-corrected chi connectivity index (χ4v) is 3.24. The van der Waals surface area contributed by atoms with E-state index in [9.17, 15) is 4.79 Å². The van der Waals surface area contributed by atoms with Crippen molar-refractivity contribution >= 4 is 16.7 Å².